The first-order valence-corrected chi connectivity index (χ1v) is 17.3. The summed E-state index contributed by atoms with van der Waals surface area (Å²) in [4.78, 5) is 0. The van der Waals surface area contributed by atoms with Crippen LogP contribution in [-0.2, 0) is 0 Å². The van der Waals surface area contributed by atoms with Crippen LogP contribution in [-0.4, -0.2) is 32.5 Å². The maximum atomic E-state index is 10.2. The highest BCUT2D eigenvalue weighted by Crippen LogP contribution is 2.67. The van der Waals surface area contributed by atoms with Gasteiger partial charge in [0.05, 0.1) is 33.0 Å². The average molecular weight is 595 g/mol. The van der Waals surface area contributed by atoms with Crippen molar-refractivity contribution >= 4 is 6.08 Å². The Hall–Kier alpha value is -1.94. The third-order valence-corrected chi connectivity index (χ3v) is 12.4. The van der Waals surface area contributed by atoms with Gasteiger partial charge in [-0.3, -0.25) is 0 Å². The van der Waals surface area contributed by atoms with Gasteiger partial charge in [0.2, 0.25) is 0 Å². The van der Waals surface area contributed by atoms with Gasteiger partial charge in [0.1, 0.15) is 5.75 Å². The monoisotopic (exact) mass is 594 g/mol. The van der Waals surface area contributed by atoms with Crippen molar-refractivity contribution in [3.05, 3.63) is 35.4 Å². The summed E-state index contributed by atoms with van der Waals surface area (Å²) in [5, 5.41) is 10.2. The summed E-state index contributed by atoms with van der Waals surface area (Å²) in [5.74, 6) is 7.62. The molecule has 0 spiro atoms. The zero-order valence-corrected chi connectivity index (χ0v) is 28.9. The average Bonchev–Trinajstić information content (AvgIpc) is 3.34. The van der Waals surface area contributed by atoms with Gasteiger partial charge >= 0.3 is 0 Å². The van der Waals surface area contributed by atoms with E-state index in [1.54, 1.807) is 26.9 Å². The molecular formula is C39H62O4. The molecule has 0 amide bonds. The molecule has 3 saturated carbocycles. The highest BCUT2D eigenvalue weighted by Gasteiger charge is 2.59. The molecule has 0 aromatic heterocycles. The number of rotatable bonds is 9. The van der Waals surface area contributed by atoms with Crippen LogP contribution >= 0.6 is 0 Å². The molecular weight excluding hydrogens is 532 g/mol. The summed E-state index contributed by atoms with van der Waals surface area (Å²) < 4.78 is 15.8. The van der Waals surface area contributed by atoms with Crippen LogP contribution in [0.25, 0.3) is 6.08 Å². The summed E-state index contributed by atoms with van der Waals surface area (Å²) in [6.07, 6.45) is 21.0. The lowest BCUT2D eigenvalue weighted by Crippen LogP contribution is -2.50. The van der Waals surface area contributed by atoms with Gasteiger partial charge in [-0.15, -0.1) is 0 Å². The summed E-state index contributed by atoms with van der Waals surface area (Å²) in [6, 6.07) is 3.68. The van der Waals surface area contributed by atoms with Gasteiger partial charge in [-0.2, -0.15) is 0 Å². The lowest BCUT2D eigenvalue weighted by atomic mass is 9.47. The lowest BCUT2D eigenvalue weighted by molar-refractivity contribution is -0.0573. The third-order valence-electron chi connectivity index (χ3n) is 12.4. The minimum Gasteiger partial charge on any atom is -0.496 e. The number of ether oxygens (including phenoxy) is 3. The van der Waals surface area contributed by atoms with E-state index in [0.717, 1.165) is 59.7 Å². The smallest absolute Gasteiger partial charge is 0.171 e. The molecule has 4 aliphatic rings. The minimum atomic E-state index is -0.0766. The number of hydrogen-bond acceptors (Lipinski definition) is 4. The third kappa shape index (κ3) is 6.85. The molecule has 4 aliphatic carbocycles. The number of hydrogen-bond donors (Lipinski definition) is 1. The normalized spacial score (nSPS) is 33.9. The molecule has 4 heteroatoms. The van der Waals surface area contributed by atoms with Crippen LogP contribution in [0.4, 0.5) is 0 Å². The van der Waals surface area contributed by atoms with E-state index in [2.05, 4.69) is 40.7 Å². The fraction of sp³-hybridized carbons (Fsp3) is 0.744. The zero-order valence-electron chi connectivity index (χ0n) is 28.9. The van der Waals surface area contributed by atoms with Crippen molar-refractivity contribution in [3.63, 3.8) is 0 Å². The predicted octanol–water partition coefficient (Wildman–Crippen LogP) is 10.1. The van der Waals surface area contributed by atoms with Gasteiger partial charge in [-0.1, -0.05) is 77.7 Å². The second kappa shape index (κ2) is 14.4. The standard InChI is InChI=1S/C27H46O.C12H16O3/c1-18(2)7-6-8-19(3)23-11-12-24-22-10-9-20-17-21(28)13-15-26(20,4)25(22)14-16-27(23,24)5;1-5-6-9-10(13-2)7-8-11(14-3)12(9)15-4/h9,18-19,21-25,28H,6-8,10-17H2,1-5H3;5-8H,1-4H3/b;6-5+/t19-,21+,22+,23-,24+,25+,26+,27-;/m1./s1. The van der Waals surface area contributed by atoms with E-state index < -0.39 is 0 Å². The summed E-state index contributed by atoms with van der Waals surface area (Å²) in [7, 11) is 4.86. The molecule has 0 aliphatic heterocycles. The highest BCUT2D eigenvalue weighted by atomic mass is 16.5. The number of benzene rings is 1. The topological polar surface area (TPSA) is 47.9 Å². The molecule has 3 fully saturated rings. The van der Waals surface area contributed by atoms with Crippen LogP contribution in [0.5, 0.6) is 17.2 Å². The maximum absolute atomic E-state index is 10.2. The Morgan fingerprint density at radius 1 is 0.907 bits per heavy atom. The van der Waals surface area contributed by atoms with Crippen LogP contribution in [0, 0.1) is 46.3 Å². The van der Waals surface area contributed by atoms with E-state index in [1.807, 2.05) is 31.2 Å². The number of fused-ring (bicyclic) bond motifs is 5. The molecule has 43 heavy (non-hydrogen) atoms. The predicted molar refractivity (Wildman–Crippen MR) is 180 cm³/mol. The summed E-state index contributed by atoms with van der Waals surface area (Å²) in [5.41, 5.74) is 3.49. The number of aliphatic hydroxyl groups excluding tert-OH is 1. The van der Waals surface area contributed by atoms with E-state index in [9.17, 15) is 5.11 Å². The maximum Gasteiger partial charge on any atom is 0.171 e. The fourth-order valence-electron chi connectivity index (χ4n) is 10.1. The Kier molecular flexibility index (Phi) is 11.4. The van der Waals surface area contributed by atoms with Gasteiger partial charge in [0, 0.05) is 0 Å². The van der Waals surface area contributed by atoms with Gasteiger partial charge in [-0.25, -0.2) is 0 Å². The van der Waals surface area contributed by atoms with E-state index in [1.165, 1.54) is 57.8 Å². The van der Waals surface area contributed by atoms with E-state index >= 15 is 0 Å². The van der Waals surface area contributed by atoms with Crippen LogP contribution in [0.1, 0.15) is 118 Å². The van der Waals surface area contributed by atoms with Gasteiger partial charge in [0.15, 0.2) is 11.5 Å². The van der Waals surface area contributed by atoms with Crippen LogP contribution in [0.3, 0.4) is 0 Å². The summed E-state index contributed by atoms with van der Waals surface area (Å²) in [6.45, 7) is 14.5. The highest BCUT2D eigenvalue weighted by molar-refractivity contribution is 5.68. The molecule has 8 atom stereocenters. The second-order valence-electron chi connectivity index (χ2n) is 15.1. The molecule has 1 aromatic carbocycles. The molecule has 5 rings (SSSR count). The molecule has 242 valence electrons. The van der Waals surface area contributed by atoms with Crippen molar-refractivity contribution in [3.8, 4) is 17.2 Å². The van der Waals surface area contributed by atoms with E-state index in [-0.39, 0.29) is 6.10 Å². The quantitative estimate of drug-likeness (QED) is 0.289. The van der Waals surface area contributed by atoms with Crippen molar-refractivity contribution in [2.75, 3.05) is 21.3 Å². The zero-order chi connectivity index (χ0) is 31.4. The first kappa shape index (κ1) is 33.9. The Morgan fingerprint density at radius 2 is 1.63 bits per heavy atom. The Balaban J connectivity index is 0.000000239. The van der Waals surface area contributed by atoms with Crippen molar-refractivity contribution in [1.82, 2.24) is 0 Å². The first-order valence-electron chi connectivity index (χ1n) is 17.3. The second-order valence-corrected chi connectivity index (χ2v) is 15.1. The Morgan fingerprint density at radius 3 is 2.28 bits per heavy atom. The van der Waals surface area contributed by atoms with Crippen molar-refractivity contribution in [2.45, 2.75) is 118 Å². The van der Waals surface area contributed by atoms with Crippen LogP contribution in [0.15, 0.2) is 29.9 Å². The van der Waals surface area contributed by atoms with Gasteiger partial charge < -0.3 is 19.3 Å². The molecule has 0 unspecified atom stereocenters. The largest absolute Gasteiger partial charge is 0.496 e. The van der Waals surface area contributed by atoms with Gasteiger partial charge in [0.25, 0.3) is 0 Å². The van der Waals surface area contributed by atoms with Crippen LogP contribution in [0.2, 0.25) is 0 Å². The minimum absolute atomic E-state index is 0.0766. The van der Waals surface area contributed by atoms with Gasteiger partial charge in [-0.05, 0) is 117 Å². The first-order chi connectivity index (χ1) is 20.5. The molecule has 4 nitrogen and oxygen atoms in total. The Labute approximate surface area is 263 Å². The van der Waals surface area contributed by atoms with Crippen LogP contribution < -0.4 is 14.2 Å². The molecule has 1 N–H and O–H groups in total. The molecule has 0 radical (unpaired) electrons. The molecule has 0 bridgehead atoms. The summed E-state index contributed by atoms with van der Waals surface area (Å²) >= 11 is 0. The number of allylic oxidation sites excluding steroid dienone is 2. The van der Waals surface area contributed by atoms with Crippen molar-refractivity contribution < 1.29 is 19.3 Å². The molecule has 1 aromatic rings. The number of methoxy groups -OCH3 is 3. The van der Waals surface area contributed by atoms with E-state index in [4.69, 9.17) is 14.2 Å². The van der Waals surface area contributed by atoms with Crippen molar-refractivity contribution in [1.29, 1.82) is 0 Å². The molecule has 0 heterocycles. The lowest BCUT2D eigenvalue weighted by Gasteiger charge is -2.58. The molecule has 0 saturated heterocycles. The Bertz CT molecular complexity index is 1120. The van der Waals surface area contributed by atoms with E-state index in [0.29, 0.717) is 22.3 Å². The van der Waals surface area contributed by atoms with Crippen molar-refractivity contribution in [2.24, 2.45) is 46.3 Å². The SMILES string of the molecule is C/C=C/c1c(OC)ccc(OC)c1OC.CC(C)CCC[C@@H](C)[C@H]1CC[C@H]2[C@@H]3CC=C4C[C@@H](O)CC[C@]4(C)[C@H]3CC[C@]12C. The fourth-order valence-corrected chi connectivity index (χ4v) is 10.1. The number of aliphatic hydroxyl groups is 1.